The highest BCUT2D eigenvalue weighted by Gasteiger charge is 2.45. The van der Waals surface area contributed by atoms with Crippen LogP contribution >= 0.6 is 0 Å². The number of likely N-dealkylation sites (tertiary alicyclic amines) is 1. The van der Waals surface area contributed by atoms with E-state index in [1.807, 2.05) is 38.1 Å². The van der Waals surface area contributed by atoms with E-state index in [0.29, 0.717) is 42.4 Å². The lowest BCUT2D eigenvalue weighted by atomic mass is 9.95. The third-order valence-electron chi connectivity index (χ3n) is 5.70. The van der Waals surface area contributed by atoms with Gasteiger partial charge in [0.25, 0.3) is 11.7 Å². The summed E-state index contributed by atoms with van der Waals surface area (Å²) in [5, 5.41) is 11.2. The van der Waals surface area contributed by atoms with Gasteiger partial charge in [-0.15, -0.1) is 0 Å². The number of nitrogens with zero attached hydrogens (tertiary/aromatic N) is 2. The van der Waals surface area contributed by atoms with Gasteiger partial charge in [-0.2, -0.15) is 0 Å². The van der Waals surface area contributed by atoms with Crippen molar-refractivity contribution in [3.05, 3.63) is 59.2 Å². The van der Waals surface area contributed by atoms with Crippen molar-refractivity contribution in [1.82, 2.24) is 9.80 Å². The molecular weight excluding hydrogens is 424 g/mol. The number of ketones is 1. The number of hydrogen-bond acceptors (Lipinski definition) is 7. The van der Waals surface area contributed by atoms with Gasteiger partial charge in [-0.25, -0.2) is 0 Å². The molecule has 8 heteroatoms. The van der Waals surface area contributed by atoms with Crippen molar-refractivity contribution in [3.63, 3.8) is 0 Å². The molecule has 0 saturated carbocycles. The Morgan fingerprint density at radius 2 is 1.85 bits per heavy atom. The van der Waals surface area contributed by atoms with Gasteiger partial charge < -0.3 is 29.1 Å². The average Bonchev–Trinajstić information content (AvgIpc) is 3.37. The van der Waals surface area contributed by atoms with Crippen molar-refractivity contribution in [2.75, 3.05) is 40.6 Å². The first-order chi connectivity index (χ1) is 15.9. The Hall–Kier alpha value is -3.52. The van der Waals surface area contributed by atoms with Crippen LogP contribution in [0.2, 0.25) is 0 Å². The van der Waals surface area contributed by atoms with E-state index in [0.717, 1.165) is 12.1 Å². The second kappa shape index (κ2) is 9.54. The molecule has 1 N–H and O–H groups in total. The number of amides is 1. The number of aliphatic hydroxyl groups is 1. The maximum Gasteiger partial charge on any atom is 0.295 e. The summed E-state index contributed by atoms with van der Waals surface area (Å²) in [6.07, 6.45) is 0.692. The number of benzene rings is 2. The third kappa shape index (κ3) is 4.52. The Morgan fingerprint density at radius 1 is 1.12 bits per heavy atom. The molecule has 0 spiro atoms. The molecule has 2 aliphatic heterocycles. The fourth-order valence-corrected chi connectivity index (χ4v) is 4.13. The predicted molar refractivity (Wildman–Crippen MR) is 122 cm³/mol. The van der Waals surface area contributed by atoms with E-state index in [9.17, 15) is 14.7 Å². The lowest BCUT2D eigenvalue weighted by Crippen LogP contribution is -2.32. The van der Waals surface area contributed by atoms with E-state index in [4.69, 9.17) is 14.2 Å². The molecule has 8 nitrogen and oxygen atoms in total. The maximum absolute atomic E-state index is 13.1. The molecule has 0 radical (unpaired) electrons. The molecule has 2 heterocycles. The van der Waals surface area contributed by atoms with Crippen LogP contribution in [0.3, 0.4) is 0 Å². The minimum absolute atomic E-state index is 0.0629. The van der Waals surface area contributed by atoms with Crippen LogP contribution in [0.4, 0.5) is 0 Å². The van der Waals surface area contributed by atoms with Crippen molar-refractivity contribution in [2.24, 2.45) is 0 Å². The first-order valence-corrected chi connectivity index (χ1v) is 11.0. The van der Waals surface area contributed by atoms with E-state index < -0.39 is 17.7 Å². The van der Waals surface area contributed by atoms with E-state index >= 15 is 0 Å². The number of carbonyl (C=O) groups excluding carboxylic acids is 2. The van der Waals surface area contributed by atoms with Crippen LogP contribution in [-0.4, -0.2) is 67.2 Å². The minimum Gasteiger partial charge on any atom is -0.507 e. The van der Waals surface area contributed by atoms with Gasteiger partial charge in [0.1, 0.15) is 11.5 Å². The largest absolute Gasteiger partial charge is 0.507 e. The SMILES string of the molecule is CCOc1ccc(C2C(=C(O)c3ccc4c(c3)OCO4)C(=O)C(=O)N2CCCN(C)C)cc1. The van der Waals surface area contributed by atoms with Crippen LogP contribution in [0, 0.1) is 0 Å². The highest BCUT2D eigenvalue weighted by atomic mass is 16.7. The zero-order valence-corrected chi connectivity index (χ0v) is 19.0. The quantitative estimate of drug-likeness (QED) is 0.374. The van der Waals surface area contributed by atoms with Gasteiger partial charge in [0.2, 0.25) is 6.79 Å². The molecule has 1 amide bonds. The molecular formula is C25H28N2O6. The number of hydrogen-bond donors (Lipinski definition) is 1. The summed E-state index contributed by atoms with van der Waals surface area (Å²) in [4.78, 5) is 29.7. The Labute approximate surface area is 193 Å². The van der Waals surface area contributed by atoms with Crippen LogP contribution in [0.25, 0.3) is 5.76 Å². The van der Waals surface area contributed by atoms with Gasteiger partial charge in [0.05, 0.1) is 18.2 Å². The van der Waals surface area contributed by atoms with Gasteiger partial charge in [0, 0.05) is 12.1 Å². The zero-order valence-electron chi connectivity index (χ0n) is 19.0. The molecule has 0 aromatic heterocycles. The lowest BCUT2D eigenvalue weighted by molar-refractivity contribution is -0.139. The molecule has 0 bridgehead atoms. The van der Waals surface area contributed by atoms with Gasteiger partial charge in [-0.3, -0.25) is 9.59 Å². The van der Waals surface area contributed by atoms with Crippen molar-refractivity contribution in [1.29, 1.82) is 0 Å². The summed E-state index contributed by atoms with van der Waals surface area (Å²) >= 11 is 0. The highest BCUT2D eigenvalue weighted by molar-refractivity contribution is 6.46. The number of carbonyl (C=O) groups is 2. The summed E-state index contributed by atoms with van der Waals surface area (Å²) in [5.74, 6) is 0.196. The second-order valence-electron chi connectivity index (χ2n) is 8.22. The lowest BCUT2D eigenvalue weighted by Gasteiger charge is -2.26. The van der Waals surface area contributed by atoms with E-state index in [-0.39, 0.29) is 18.1 Å². The van der Waals surface area contributed by atoms with Crippen molar-refractivity contribution in [2.45, 2.75) is 19.4 Å². The summed E-state index contributed by atoms with van der Waals surface area (Å²) in [5.41, 5.74) is 1.18. The number of fused-ring (bicyclic) bond motifs is 1. The fourth-order valence-electron chi connectivity index (χ4n) is 4.13. The molecule has 1 unspecified atom stereocenters. The minimum atomic E-state index is -0.701. The molecule has 33 heavy (non-hydrogen) atoms. The van der Waals surface area contributed by atoms with Crippen LogP contribution in [0.1, 0.15) is 30.5 Å². The van der Waals surface area contributed by atoms with Gasteiger partial charge in [-0.05, 0) is 69.9 Å². The standard InChI is InChI=1S/C25H28N2O6/c1-4-31-18-9-6-16(7-10-18)22-21(24(29)25(30)27(22)13-5-12-26(2)3)23(28)17-8-11-19-20(14-17)33-15-32-19/h6-11,14,22,28H,4-5,12-13,15H2,1-3H3. The Balaban J connectivity index is 1.76. The van der Waals surface area contributed by atoms with Crippen LogP contribution < -0.4 is 14.2 Å². The number of aliphatic hydroxyl groups excluding tert-OH is 1. The van der Waals surface area contributed by atoms with E-state index in [1.54, 1.807) is 35.2 Å². The topological polar surface area (TPSA) is 88.5 Å². The summed E-state index contributed by atoms with van der Waals surface area (Å²) in [6, 6.07) is 11.5. The summed E-state index contributed by atoms with van der Waals surface area (Å²) in [7, 11) is 3.91. The first kappa shape index (κ1) is 22.7. The smallest absolute Gasteiger partial charge is 0.295 e. The summed E-state index contributed by atoms with van der Waals surface area (Å²) < 4.78 is 16.3. The number of ether oxygens (including phenoxy) is 3. The maximum atomic E-state index is 13.1. The molecule has 1 saturated heterocycles. The molecule has 0 aliphatic carbocycles. The van der Waals surface area contributed by atoms with Crippen molar-refractivity contribution >= 4 is 17.4 Å². The monoisotopic (exact) mass is 452 g/mol. The zero-order chi connectivity index (χ0) is 23.5. The Kier molecular flexibility index (Phi) is 6.55. The predicted octanol–water partition coefficient (Wildman–Crippen LogP) is 3.19. The molecule has 2 aliphatic rings. The normalized spacial score (nSPS) is 18.9. The number of rotatable bonds is 8. The Bertz CT molecular complexity index is 1080. The molecule has 2 aromatic rings. The van der Waals surface area contributed by atoms with Crippen molar-refractivity contribution < 1.29 is 28.9 Å². The highest BCUT2D eigenvalue weighted by Crippen LogP contribution is 2.41. The van der Waals surface area contributed by atoms with E-state index in [2.05, 4.69) is 0 Å². The first-order valence-electron chi connectivity index (χ1n) is 11.0. The molecule has 174 valence electrons. The van der Waals surface area contributed by atoms with Gasteiger partial charge in [-0.1, -0.05) is 12.1 Å². The van der Waals surface area contributed by atoms with Crippen molar-refractivity contribution in [3.8, 4) is 17.2 Å². The van der Waals surface area contributed by atoms with Gasteiger partial charge in [0.15, 0.2) is 11.5 Å². The van der Waals surface area contributed by atoms with Crippen LogP contribution in [0.15, 0.2) is 48.0 Å². The van der Waals surface area contributed by atoms with Gasteiger partial charge >= 0.3 is 0 Å². The fraction of sp³-hybridized carbons (Fsp3) is 0.360. The molecule has 4 rings (SSSR count). The molecule has 1 fully saturated rings. The third-order valence-corrected chi connectivity index (χ3v) is 5.70. The van der Waals surface area contributed by atoms with Crippen LogP contribution in [-0.2, 0) is 9.59 Å². The van der Waals surface area contributed by atoms with E-state index in [1.165, 1.54) is 0 Å². The number of Topliss-reactive ketones (excluding diaryl/α,β-unsaturated/α-hetero) is 1. The summed E-state index contributed by atoms with van der Waals surface area (Å²) in [6.45, 7) is 3.69. The van der Waals surface area contributed by atoms with Crippen LogP contribution in [0.5, 0.6) is 17.2 Å². The molecule has 1 atom stereocenters. The average molecular weight is 453 g/mol. The molecule has 2 aromatic carbocycles. The Morgan fingerprint density at radius 3 is 2.55 bits per heavy atom. The second-order valence-corrected chi connectivity index (χ2v) is 8.22.